The zero-order valence-electron chi connectivity index (χ0n) is 8.55. The summed E-state index contributed by atoms with van der Waals surface area (Å²) >= 11 is 0. The van der Waals surface area contributed by atoms with Gasteiger partial charge < -0.3 is 15.6 Å². The molecule has 82 valence electrons. The Labute approximate surface area is 91.5 Å². The molecule has 1 aliphatic rings. The Bertz CT molecular complexity index is 561. The molecule has 0 aromatic carbocycles. The van der Waals surface area contributed by atoms with E-state index in [1.165, 1.54) is 0 Å². The maximum Gasteiger partial charge on any atom is 0.222 e. The number of nitrogen functional groups attached to an aromatic ring is 1. The number of pyridine rings is 1. The van der Waals surface area contributed by atoms with E-state index in [-0.39, 0.29) is 11.9 Å². The van der Waals surface area contributed by atoms with E-state index in [0.29, 0.717) is 18.9 Å². The van der Waals surface area contributed by atoms with Gasteiger partial charge in [0.2, 0.25) is 11.9 Å². The van der Waals surface area contributed by atoms with Crippen molar-refractivity contribution >= 4 is 22.9 Å². The van der Waals surface area contributed by atoms with Crippen molar-refractivity contribution in [1.82, 2.24) is 19.9 Å². The van der Waals surface area contributed by atoms with Crippen molar-refractivity contribution in [3.63, 3.8) is 0 Å². The minimum absolute atomic E-state index is 0.0555. The first-order chi connectivity index (χ1) is 7.75. The number of nitrogens with zero attached hydrogens (tertiary/aromatic N) is 3. The number of hydrogen-bond acceptors (Lipinski definition) is 4. The van der Waals surface area contributed by atoms with Gasteiger partial charge in [0.15, 0.2) is 0 Å². The molecule has 1 amide bonds. The number of anilines is 1. The molecule has 3 rings (SSSR count). The second-order valence-corrected chi connectivity index (χ2v) is 3.87. The van der Waals surface area contributed by atoms with Crippen LogP contribution in [-0.4, -0.2) is 27.0 Å². The van der Waals surface area contributed by atoms with Crippen LogP contribution in [-0.2, 0) is 4.79 Å². The van der Waals surface area contributed by atoms with Crippen LogP contribution in [0.5, 0.6) is 0 Å². The Hall–Kier alpha value is -2.11. The van der Waals surface area contributed by atoms with Crippen LogP contribution in [0.4, 0.5) is 5.95 Å². The SMILES string of the molecule is Nc1nc2cnccc2n1C1CNC(=O)C1. The van der Waals surface area contributed by atoms with Crippen LogP contribution in [0, 0.1) is 0 Å². The molecular formula is C10H11N5O. The zero-order valence-corrected chi connectivity index (χ0v) is 8.55. The molecule has 0 saturated carbocycles. The van der Waals surface area contributed by atoms with Crippen LogP contribution in [0.1, 0.15) is 12.5 Å². The highest BCUT2D eigenvalue weighted by molar-refractivity contribution is 5.81. The molecule has 1 unspecified atom stereocenters. The fraction of sp³-hybridized carbons (Fsp3) is 0.300. The molecule has 3 heterocycles. The van der Waals surface area contributed by atoms with Gasteiger partial charge >= 0.3 is 0 Å². The molecule has 1 atom stereocenters. The van der Waals surface area contributed by atoms with Gasteiger partial charge in [-0.3, -0.25) is 9.78 Å². The molecule has 1 saturated heterocycles. The number of imidazole rings is 1. The third-order valence-corrected chi connectivity index (χ3v) is 2.84. The molecule has 2 aromatic rings. The van der Waals surface area contributed by atoms with E-state index in [0.717, 1.165) is 11.0 Å². The van der Waals surface area contributed by atoms with Crippen molar-refractivity contribution in [2.24, 2.45) is 0 Å². The van der Waals surface area contributed by atoms with Crippen molar-refractivity contribution in [3.8, 4) is 0 Å². The summed E-state index contributed by atoms with van der Waals surface area (Å²) in [6.45, 7) is 0.608. The average molecular weight is 217 g/mol. The first-order valence-electron chi connectivity index (χ1n) is 5.10. The van der Waals surface area contributed by atoms with Crippen LogP contribution in [0.15, 0.2) is 18.5 Å². The smallest absolute Gasteiger partial charge is 0.222 e. The molecule has 1 fully saturated rings. The van der Waals surface area contributed by atoms with Gasteiger partial charge in [-0.25, -0.2) is 4.98 Å². The lowest BCUT2D eigenvalue weighted by atomic mass is 10.2. The topological polar surface area (TPSA) is 85.8 Å². The highest BCUT2D eigenvalue weighted by Crippen LogP contribution is 2.25. The summed E-state index contributed by atoms with van der Waals surface area (Å²) in [5.41, 5.74) is 7.55. The third kappa shape index (κ3) is 1.23. The van der Waals surface area contributed by atoms with E-state index >= 15 is 0 Å². The summed E-state index contributed by atoms with van der Waals surface area (Å²) in [6, 6.07) is 1.92. The van der Waals surface area contributed by atoms with Gasteiger partial charge in [-0.1, -0.05) is 0 Å². The second kappa shape index (κ2) is 3.19. The predicted octanol–water partition coefficient (Wildman–Crippen LogP) is 0.0745. The molecule has 3 N–H and O–H groups in total. The fourth-order valence-electron chi connectivity index (χ4n) is 2.13. The summed E-state index contributed by atoms with van der Waals surface area (Å²) in [6.07, 6.45) is 3.83. The quantitative estimate of drug-likeness (QED) is 0.708. The number of hydrogen-bond donors (Lipinski definition) is 2. The molecule has 0 radical (unpaired) electrons. The van der Waals surface area contributed by atoms with Crippen LogP contribution < -0.4 is 11.1 Å². The Morgan fingerprint density at radius 2 is 2.44 bits per heavy atom. The Morgan fingerprint density at radius 1 is 1.56 bits per heavy atom. The maximum absolute atomic E-state index is 11.2. The van der Waals surface area contributed by atoms with Gasteiger partial charge in [-0.05, 0) is 6.07 Å². The lowest BCUT2D eigenvalue weighted by Crippen LogP contribution is -2.16. The summed E-state index contributed by atoms with van der Waals surface area (Å²) in [4.78, 5) is 19.4. The molecule has 2 aromatic heterocycles. The lowest BCUT2D eigenvalue weighted by molar-refractivity contribution is -0.119. The van der Waals surface area contributed by atoms with Crippen molar-refractivity contribution in [2.45, 2.75) is 12.5 Å². The number of rotatable bonds is 1. The summed E-state index contributed by atoms with van der Waals surface area (Å²) in [5.74, 6) is 0.491. The van der Waals surface area contributed by atoms with Crippen molar-refractivity contribution in [1.29, 1.82) is 0 Å². The summed E-state index contributed by atoms with van der Waals surface area (Å²) < 4.78 is 1.90. The monoisotopic (exact) mass is 217 g/mol. The Balaban J connectivity index is 2.15. The number of amides is 1. The molecule has 0 aliphatic carbocycles. The highest BCUT2D eigenvalue weighted by Gasteiger charge is 2.26. The van der Waals surface area contributed by atoms with E-state index < -0.39 is 0 Å². The molecule has 1 aliphatic heterocycles. The molecule has 16 heavy (non-hydrogen) atoms. The molecule has 0 bridgehead atoms. The van der Waals surface area contributed by atoms with Gasteiger partial charge in [0.25, 0.3) is 0 Å². The summed E-state index contributed by atoms with van der Waals surface area (Å²) in [7, 11) is 0. The van der Waals surface area contributed by atoms with E-state index in [4.69, 9.17) is 5.73 Å². The fourth-order valence-corrected chi connectivity index (χ4v) is 2.13. The first kappa shape index (κ1) is 9.14. The lowest BCUT2D eigenvalue weighted by Gasteiger charge is -2.12. The highest BCUT2D eigenvalue weighted by atomic mass is 16.1. The largest absolute Gasteiger partial charge is 0.369 e. The van der Waals surface area contributed by atoms with Gasteiger partial charge in [-0.2, -0.15) is 0 Å². The van der Waals surface area contributed by atoms with Gasteiger partial charge in [0, 0.05) is 19.2 Å². The number of carbonyl (C=O) groups is 1. The first-order valence-corrected chi connectivity index (χ1v) is 5.10. The molecule has 0 spiro atoms. The van der Waals surface area contributed by atoms with Crippen LogP contribution >= 0.6 is 0 Å². The second-order valence-electron chi connectivity index (χ2n) is 3.87. The number of nitrogens with one attached hydrogen (secondary N) is 1. The van der Waals surface area contributed by atoms with Crippen molar-refractivity contribution < 1.29 is 4.79 Å². The van der Waals surface area contributed by atoms with E-state index in [1.807, 2.05) is 10.6 Å². The van der Waals surface area contributed by atoms with Crippen molar-refractivity contribution in [3.05, 3.63) is 18.5 Å². The van der Waals surface area contributed by atoms with Crippen LogP contribution in [0.3, 0.4) is 0 Å². The minimum atomic E-state index is 0.0555. The predicted molar refractivity (Wildman–Crippen MR) is 58.6 cm³/mol. The van der Waals surface area contributed by atoms with Gasteiger partial charge in [0.1, 0.15) is 5.52 Å². The van der Waals surface area contributed by atoms with Gasteiger partial charge in [-0.15, -0.1) is 0 Å². The number of fused-ring (bicyclic) bond motifs is 1. The van der Waals surface area contributed by atoms with E-state index in [1.54, 1.807) is 12.4 Å². The molecule has 6 heteroatoms. The Morgan fingerprint density at radius 3 is 3.19 bits per heavy atom. The zero-order chi connectivity index (χ0) is 11.1. The van der Waals surface area contributed by atoms with Crippen LogP contribution in [0.2, 0.25) is 0 Å². The summed E-state index contributed by atoms with van der Waals surface area (Å²) in [5, 5.41) is 2.79. The average Bonchev–Trinajstić information content (AvgIpc) is 2.80. The van der Waals surface area contributed by atoms with Gasteiger partial charge in [0.05, 0.1) is 17.8 Å². The number of aromatic nitrogens is 3. The third-order valence-electron chi connectivity index (χ3n) is 2.84. The maximum atomic E-state index is 11.2. The number of nitrogens with two attached hydrogens (primary N) is 1. The molecular weight excluding hydrogens is 206 g/mol. The Kier molecular flexibility index (Phi) is 1.82. The van der Waals surface area contributed by atoms with Crippen LogP contribution in [0.25, 0.3) is 11.0 Å². The van der Waals surface area contributed by atoms with Crippen molar-refractivity contribution in [2.75, 3.05) is 12.3 Å². The minimum Gasteiger partial charge on any atom is -0.369 e. The normalized spacial score (nSPS) is 20.2. The standard InChI is InChI=1S/C10H11N5O/c11-10-14-7-5-12-2-1-8(7)15(10)6-3-9(16)13-4-6/h1-2,5-6H,3-4H2,(H2,11,14)(H,13,16). The number of carbonyl (C=O) groups excluding carboxylic acids is 1. The molecule has 6 nitrogen and oxygen atoms in total. The van der Waals surface area contributed by atoms with E-state index in [2.05, 4.69) is 15.3 Å². The van der Waals surface area contributed by atoms with E-state index in [9.17, 15) is 4.79 Å².